The molecule has 4 rings (SSSR count). The van der Waals surface area contributed by atoms with Crippen LogP contribution in [0.1, 0.15) is 12.1 Å². The molecule has 0 N–H and O–H groups in total. The molecule has 136 valence electrons. The molecule has 0 radical (unpaired) electrons. The molecule has 0 bridgehead atoms. The lowest BCUT2D eigenvalue weighted by molar-refractivity contribution is 0.0188. The summed E-state index contributed by atoms with van der Waals surface area (Å²) >= 11 is 0. The fourth-order valence-corrected chi connectivity index (χ4v) is 3.41. The Kier molecular flexibility index (Phi) is 4.86. The highest BCUT2D eigenvalue weighted by atomic mass is 16.5. The summed E-state index contributed by atoms with van der Waals surface area (Å²) in [5.74, 6) is 1.06. The molecular weight excluding hydrogens is 328 g/mol. The topological polar surface area (TPSA) is 51.9 Å². The van der Waals surface area contributed by atoms with E-state index in [1.807, 2.05) is 35.7 Å². The Morgan fingerprint density at radius 2 is 2.08 bits per heavy atom. The second kappa shape index (κ2) is 7.43. The average Bonchev–Trinajstić information content (AvgIpc) is 3.06. The molecule has 26 heavy (non-hydrogen) atoms. The van der Waals surface area contributed by atoms with E-state index in [2.05, 4.69) is 28.2 Å². The maximum absolute atomic E-state index is 5.90. The van der Waals surface area contributed by atoms with E-state index in [4.69, 9.17) is 14.5 Å². The second-order valence-electron chi connectivity index (χ2n) is 6.64. The minimum Gasteiger partial charge on any atom is -0.385 e. The summed E-state index contributed by atoms with van der Waals surface area (Å²) in [6, 6.07) is 14.4. The number of methoxy groups -OCH3 is 1. The lowest BCUT2D eigenvalue weighted by Gasteiger charge is -2.34. The summed E-state index contributed by atoms with van der Waals surface area (Å²) in [4.78, 5) is 7.16. The van der Waals surface area contributed by atoms with Crippen LogP contribution in [0.3, 0.4) is 0 Å². The highest BCUT2D eigenvalue weighted by Gasteiger charge is 2.23. The lowest BCUT2D eigenvalue weighted by Crippen LogP contribution is -2.43. The van der Waals surface area contributed by atoms with Crippen LogP contribution in [0.4, 0.5) is 5.82 Å². The minimum absolute atomic E-state index is 0.170. The standard InChI is InChI=1S/C20H24N4O2/c1-15-12-19-21-18(16-6-4-3-5-7-16)13-20(24(19)22-15)23-9-11-26-17(14-23)8-10-25-2/h3-7,12-13,17H,8-11,14H2,1-2H3/t17-/m0/s1. The van der Waals surface area contributed by atoms with Crippen LogP contribution in [-0.2, 0) is 9.47 Å². The first kappa shape index (κ1) is 17.0. The van der Waals surface area contributed by atoms with Gasteiger partial charge in [-0.3, -0.25) is 0 Å². The molecule has 1 saturated heterocycles. The van der Waals surface area contributed by atoms with Gasteiger partial charge in [-0.1, -0.05) is 30.3 Å². The third-order valence-corrected chi connectivity index (χ3v) is 4.71. The van der Waals surface area contributed by atoms with E-state index in [9.17, 15) is 0 Å². The largest absolute Gasteiger partial charge is 0.385 e. The summed E-state index contributed by atoms with van der Waals surface area (Å²) in [6.07, 6.45) is 1.06. The van der Waals surface area contributed by atoms with Gasteiger partial charge in [-0.2, -0.15) is 9.61 Å². The molecule has 0 aliphatic carbocycles. The molecule has 2 aromatic heterocycles. The van der Waals surface area contributed by atoms with Gasteiger partial charge in [-0.05, 0) is 13.3 Å². The van der Waals surface area contributed by atoms with Gasteiger partial charge in [0.2, 0.25) is 0 Å². The molecule has 0 amide bonds. The van der Waals surface area contributed by atoms with Gasteiger partial charge in [0, 0.05) is 44.5 Å². The van der Waals surface area contributed by atoms with E-state index in [0.717, 1.165) is 47.9 Å². The van der Waals surface area contributed by atoms with Crippen LogP contribution in [0, 0.1) is 6.92 Å². The lowest BCUT2D eigenvalue weighted by atomic mass is 10.1. The normalized spacial score (nSPS) is 17.8. The Morgan fingerprint density at radius 3 is 2.88 bits per heavy atom. The first-order valence-electron chi connectivity index (χ1n) is 9.03. The number of ether oxygens (including phenoxy) is 2. The fraction of sp³-hybridized carbons (Fsp3) is 0.400. The monoisotopic (exact) mass is 352 g/mol. The van der Waals surface area contributed by atoms with Crippen molar-refractivity contribution in [3.63, 3.8) is 0 Å². The van der Waals surface area contributed by atoms with Crippen LogP contribution >= 0.6 is 0 Å². The van der Waals surface area contributed by atoms with Gasteiger partial charge < -0.3 is 14.4 Å². The Balaban J connectivity index is 1.73. The van der Waals surface area contributed by atoms with Crippen LogP contribution in [-0.4, -0.2) is 54.1 Å². The molecule has 1 atom stereocenters. The van der Waals surface area contributed by atoms with Crippen molar-refractivity contribution in [2.24, 2.45) is 0 Å². The van der Waals surface area contributed by atoms with Gasteiger partial charge >= 0.3 is 0 Å². The van der Waals surface area contributed by atoms with E-state index in [0.29, 0.717) is 13.2 Å². The van der Waals surface area contributed by atoms with Crippen molar-refractivity contribution in [1.29, 1.82) is 0 Å². The van der Waals surface area contributed by atoms with Gasteiger partial charge in [-0.25, -0.2) is 4.98 Å². The van der Waals surface area contributed by atoms with Crippen LogP contribution in [0.5, 0.6) is 0 Å². The molecule has 1 aromatic carbocycles. The second-order valence-corrected chi connectivity index (χ2v) is 6.64. The smallest absolute Gasteiger partial charge is 0.158 e. The number of aryl methyl sites for hydroxylation is 1. The molecular formula is C20H24N4O2. The van der Waals surface area contributed by atoms with Crippen molar-refractivity contribution >= 4 is 11.5 Å². The highest BCUT2D eigenvalue weighted by Crippen LogP contribution is 2.26. The first-order chi connectivity index (χ1) is 12.7. The molecule has 0 saturated carbocycles. The number of aromatic nitrogens is 3. The van der Waals surface area contributed by atoms with Crippen molar-refractivity contribution in [3.05, 3.63) is 48.2 Å². The predicted molar refractivity (Wildman–Crippen MR) is 102 cm³/mol. The number of nitrogens with zero attached hydrogens (tertiary/aromatic N) is 4. The molecule has 6 heteroatoms. The van der Waals surface area contributed by atoms with Gasteiger partial charge in [-0.15, -0.1) is 0 Å². The van der Waals surface area contributed by atoms with Gasteiger partial charge in [0.05, 0.1) is 24.1 Å². The Morgan fingerprint density at radius 1 is 1.23 bits per heavy atom. The molecule has 6 nitrogen and oxygen atoms in total. The van der Waals surface area contributed by atoms with Crippen LogP contribution < -0.4 is 4.90 Å². The van der Waals surface area contributed by atoms with E-state index in [1.165, 1.54) is 0 Å². The predicted octanol–water partition coefficient (Wildman–Crippen LogP) is 2.95. The van der Waals surface area contributed by atoms with E-state index in [-0.39, 0.29) is 6.10 Å². The van der Waals surface area contributed by atoms with Crippen molar-refractivity contribution in [1.82, 2.24) is 14.6 Å². The molecule has 0 unspecified atom stereocenters. The highest BCUT2D eigenvalue weighted by molar-refractivity contribution is 5.67. The number of morpholine rings is 1. The van der Waals surface area contributed by atoms with Crippen LogP contribution in [0.25, 0.3) is 16.9 Å². The van der Waals surface area contributed by atoms with E-state index in [1.54, 1.807) is 7.11 Å². The first-order valence-corrected chi connectivity index (χ1v) is 9.03. The van der Waals surface area contributed by atoms with Crippen LogP contribution in [0.2, 0.25) is 0 Å². The molecule has 1 fully saturated rings. The summed E-state index contributed by atoms with van der Waals surface area (Å²) in [5.41, 5.74) is 3.92. The maximum atomic E-state index is 5.90. The number of hydrogen-bond acceptors (Lipinski definition) is 5. The zero-order valence-electron chi connectivity index (χ0n) is 15.3. The minimum atomic E-state index is 0.170. The van der Waals surface area contributed by atoms with Crippen LogP contribution in [0.15, 0.2) is 42.5 Å². The van der Waals surface area contributed by atoms with Crippen molar-refractivity contribution in [2.45, 2.75) is 19.4 Å². The third kappa shape index (κ3) is 3.43. The number of anilines is 1. The summed E-state index contributed by atoms with van der Waals surface area (Å²) < 4.78 is 13.1. The SMILES string of the molecule is COCC[C@H]1CN(c2cc(-c3ccccc3)nc3cc(C)nn23)CCO1. The average molecular weight is 352 g/mol. The van der Waals surface area contributed by atoms with E-state index < -0.39 is 0 Å². The number of hydrogen-bond donors (Lipinski definition) is 0. The molecule has 3 aromatic rings. The third-order valence-electron chi connectivity index (χ3n) is 4.71. The summed E-state index contributed by atoms with van der Waals surface area (Å²) in [7, 11) is 1.73. The molecule has 0 spiro atoms. The number of rotatable bonds is 5. The molecule has 1 aliphatic heterocycles. The molecule has 3 heterocycles. The van der Waals surface area contributed by atoms with Crippen molar-refractivity contribution < 1.29 is 9.47 Å². The Labute approximate surface area is 153 Å². The Hall–Kier alpha value is -2.44. The van der Waals surface area contributed by atoms with Gasteiger partial charge in [0.1, 0.15) is 5.82 Å². The zero-order chi connectivity index (χ0) is 17.9. The quantitative estimate of drug-likeness (QED) is 0.707. The molecule has 1 aliphatic rings. The fourth-order valence-electron chi connectivity index (χ4n) is 3.41. The summed E-state index contributed by atoms with van der Waals surface area (Å²) in [6.45, 7) is 5.09. The van der Waals surface area contributed by atoms with E-state index >= 15 is 0 Å². The van der Waals surface area contributed by atoms with Gasteiger partial charge in [0.25, 0.3) is 0 Å². The van der Waals surface area contributed by atoms with Gasteiger partial charge in [0.15, 0.2) is 5.65 Å². The zero-order valence-corrected chi connectivity index (χ0v) is 15.3. The number of fused-ring (bicyclic) bond motifs is 1. The maximum Gasteiger partial charge on any atom is 0.158 e. The Bertz CT molecular complexity index is 878. The summed E-state index contributed by atoms with van der Waals surface area (Å²) in [5, 5.41) is 4.66. The van der Waals surface area contributed by atoms with Crippen molar-refractivity contribution in [2.75, 3.05) is 38.3 Å². The number of benzene rings is 1. The van der Waals surface area contributed by atoms with Crippen molar-refractivity contribution in [3.8, 4) is 11.3 Å².